The van der Waals surface area contributed by atoms with Crippen molar-refractivity contribution >= 4 is 23.2 Å². The third kappa shape index (κ3) is 4.37. The van der Waals surface area contributed by atoms with Crippen LogP contribution in [0.4, 0.5) is 0 Å². The van der Waals surface area contributed by atoms with E-state index in [1.807, 2.05) is 12.1 Å². The summed E-state index contributed by atoms with van der Waals surface area (Å²) in [5.74, 6) is 0. The third-order valence-corrected chi connectivity index (χ3v) is 5.86. The lowest BCUT2D eigenvalue weighted by Gasteiger charge is -2.29. The van der Waals surface area contributed by atoms with Crippen molar-refractivity contribution in [2.24, 2.45) is 5.41 Å². The molecule has 1 aromatic rings. The van der Waals surface area contributed by atoms with Crippen LogP contribution in [0.15, 0.2) is 18.2 Å². The van der Waals surface area contributed by atoms with E-state index < -0.39 is 0 Å². The van der Waals surface area contributed by atoms with Crippen molar-refractivity contribution in [3.8, 4) is 0 Å². The second-order valence-electron chi connectivity index (χ2n) is 6.92. The van der Waals surface area contributed by atoms with Gasteiger partial charge in [-0.15, -0.1) is 0 Å². The van der Waals surface area contributed by atoms with Crippen molar-refractivity contribution in [2.45, 2.75) is 63.8 Å². The second kappa shape index (κ2) is 6.89. The lowest BCUT2D eigenvalue weighted by Crippen LogP contribution is -2.26. The summed E-state index contributed by atoms with van der Waals surface area (Å²) in [7, 11) is 0. The number of hydrogen-bond acceptors (Lipinski definition) is 1. The molecule has 1 nitrogen and oxygen atoms in total. The molecule has 2 fully saturated rings. The number of benzene rings is 1. The number of hydrogen-bond donors (Lipinski definition) is 1. The molecule has 116 valence electrons. The summed E-state index contributed by atoms with van der Waals surface area (Å²) in [4.78, 5) is 0. The molecule has 1 aromatic carbocycles. The minimum Gasteiger partial charge on any atom is -0.314 e. The van der Waals surface area contributed by atoms with Crippen LogP contribution >= 0.6 is 23.2 Å². The average Bonchev–Trinajstić information content (AvgIpc) is 3.16. The third-order valence-electron chi connectivity index (χ3n) is 5.27. The van der Waals surface area contributed by atoms with Gasteiger partial charge in [0.15, 0.2) is 0 Å². The van der Waals surface area contributed by atoms with Gasteiger partial charge in [-0.05, 0) is 74.6 Å². The maximum Gasteiger partial charge on any atom is 0.0452 e. The zero-order valence-corrected chi connectivity index (χ0v) is 14.1. The van der Waals surface area contributed by atoms with E-state index in [9.17, 15) is 0 Å². The average molecular weight is 326 g/mol. The highest BCUT2D eigenvalue weighted by Gasteiger charge is 2.33. The summed E-state index contributed by atoms with van der Waals surface area (Å²) in [6.45, 7) is 1.19. The Kier molecular flexibility index (Phi) is 5.14. The Morgan fingerprint density at radius 2 is 1.86 bits per heavy atom. The molecule has 1 N–H and O–H groups in total. The lowest BCUT2D eigenvalue weighted by molar-refractivity contribution is 0.245. The molecule has 2 aliphatic rings. The van der Waals surface area contributed by atoms with Gasteiger partial charge in [-0.2, -0.15) is 0 Å². The molecule has 0 bridgehead atoms. The number of aryl methyl sites for hydroxylation is 1. The molecule has 0 radical (unpaired) electrons. The number of nitrogens with one attached hydrogen (secondary N) is 1. The molecule has 3 rings (SSSR count). The van der Waals surface area contributed by atoms with Gasteiger partial charge in [0, 0.05) is 16.1 Å². The molecular weight excluding hydrogens is 301 g/mol. The minimum atomic E-state index is 0.546. The Hall–Kier alpha value is -0.240. The van der Waals surface area contributed by atoms with Crippen molar-refractivity contribution in [3.63, 3.8) is 0 Å². The number of halogens is 2. The Morgan fingerprint density at radius 3 is 2.52 bits per heavy atom. The predicted molar refractivity (Wildman–Crippen MR) is 91.3 cm³/mol. The van der Waals surface area contributed by atoms with Gasteiger partial charge < -0.3 is 5.32 Å². The van der Waals surface area contributed by atoms with Crippen LogP contribution in [-0.2, 0) is 6.42 Å². The fraction of sp³-hybridized carbons (Fsp3) is 0.667. The molecule has 21 heavy (non-hydrogen) atoms. The Balaban J connectivity index is 1.56. The van der Waals surface area contributed by atoms with Crippen molar-refractivity contribution in [1.82, 2.24) is 5.32 Å². The van der Waals surface area contributed by atoms with Crippen LogP contribution in [0.1, 0.15) is 56.9 Å². The highest BCUT2D eigenvalue weighted by atomic mass is 35.5. The summed E-state index contributed by atoms with van der Waals surface area (Å²) in [6.07, 6.45) is 12.0. The zero-order valence-electron chi connectivity index (χ0n) is 12.6. The highest BCUT2D eigenvalue weighted by molar-refractivity contribution is 6.35. The van der Waals surface area contributed by atoms with Crippen LogP contribution < -0.4 is 5.32 Å². The monoisotopic (exact) mass is 325 g/mol. The molecular formula is C18H25Cl2N. The molecule has 3 heteroatoms. The van der Waals surface area contributed by atoms with Crippen LogP contribution in [0.25, 0.3) is 0 Å². The summed E-state index contributed by atoms with van der Waals surface area (Å²) >= 11 is 12.3. The van der Waals surface area contributed by atoms with Gasteiger partial charge >= 0.3 is 0 Å². The topological polar surface area (TPSA) is 12.0 Å². The summed E-state index contributed by atoms with van der Waals surface area (Å²) < 4.78 is 0. The first-order chi connectivity index (χ1) is 10.2. The van der Waals surface area contributed by atoms with Crippen LogP contribution in [0.2, 0.25) is 10.0 Å². The summed E-state index contributed by atoms with van der Waals surface area (Å²) in [5.41, 5.74) is 1.80. The maximum absolute atomic E-state index is 6.32. The molecule has 2 aliphatic carbocycles. The maximum atomic E-state index is 6.32. The SMILES string of the molecule is Clc1ccc(CCC2(CCNC3CC3)CCCC2)c(Cl)c1. The van der Waals surface area contributed by atoms with Crippen molar-refractivity contribution in [1.29, 1.82) is 0 Å². The van der Waals surface area contributed by atoms with Crippen LogP contribution in [0.5, 0.6) is 0 Å². The fourth-order valence-corrected chi connectivity index (χ4v) is 4.21. The van der Waals surface area contributed by atoms with E-state index in [1.165, 1.54) is 63.5 Å². The van der Waals surface area contributed by atoms with E-state index in [-0.39, 0.29) is 0 Å². The van der Waals surface area contributed by atoms with Gasteiger partial charge in [-0.1, -0.05) is 42.1 Å². The fourth-order valence-electron chi connectivity index (χ4n) is 3.70. The summed E-state index contributed by atoms with van der Waals surface area (Å²) in [5, 5.41) is 5.24. The van der Waals surface area contributed by atoms with E-state index >= 15 is 0 Å². The highest BCUT2D eigenvalue weighted by Crippen LogP contribution is 2.45. The molecule has 0 spiro atoms. The molecule has 0 atom stereocenters. The van der Waals surface area contributed by atoms with E-state index in [4.69, 9.17) is 23.2 Å². The second-order valence-corrected chi connectivity index (χ2v) is 7.76. The van der Waals surface area contributed by atoms with Crippen LogP contribution in [0, 0.1) is 5.41 Å². The van der Waals surface area contributed by atoms with Gasteiger partial charge in [0.05, 0.1) is 0 Å². The standard InChI is InChI=1S/C18H25Cl2N/c19-15-4-3-14(17(20)13-15)7-10-18(8-1-2-9-18)11-12-21-16-5-6-16/h3-4,13,16,21H,1-2,5-12H2. The van der Waals surface area contributed by atoms with E-state index in [1.54, 1.807) is 0 Å². The van der Waals surface area contributed by atoms with Crippen molar-refractivity contribution in [3.05, 3.63) is 33.8 Å². The van der Waals surface area contributed by atoms with Crippen molar-refractivity contribution < 1.29 is 0 Å². The molecule has 0 heterocycles. The van der Waals surface area contributed by atoms with E-state index in [0.717, 1.165) is 22.5 Å². The quantitative estimate of drug-likeness (QED) is 0.685. The molecule has 2 saturated carbocycles. The predicted octanol–water partition coefficient (Wildman–Crippen LogP) is 5.63. The van der Waals surface area contributed by atoms with E-state index in [0.29, 0.717) is 5.41 Å². The Labute approximate surface area is 138 Å². The minimum absolute atomic E-state index is 0.546. The van der Waals surface area contributed by atoms with E-state index in [2.05, 4.69) is 11.4 Å². The van der Waals surface area contributed by atoms with Crippen LogP contribution in [-0.4, -0.2) is 12.6 Å². The van der Waals surface area contributed by atoms with Crippen molar-refractivity contribution in [2.75, 3.05) is 6.54 Å². The Bertz CT molecular complexity index is 476. The van der Waals surface area contributed by atoms with Crippen LogP contribution in [0.3, 0.4) is 0 Å². The van der Waals surface area contributed by atoms with Gasteiger partial charge in [0.1, 0.15) is 0 Å². The van der Waals surface area contributed by atoms with Gasteiger partial charge in [-0.3, -0.25) is 0 Å². The first-order valence-electron chi connectivity index (χ1n) is 8.34. The first-order valence-corrected chi connectivity index (χ1v) is 9.10. The lowest BCUT2D eigenvalue weighted by atomic mass is 9.77. The smallest absolute Gasteiger partial charge is 0.0452 e. The molecule has 0 aliphatic heterocycles. The van der Waals surface area contributed by atoms with Gasteiger partial charge in [0.25, 0.3) is 0 Å². The van der Waals surface area contributed by atoms with Gasteiger partial charge in [-0.25, -0.2) is 0 Å². The zero-order chi connectivity index (χ0) is 14.7. The number of rotatable bonds is 7. The molecule has 0 aromatic heterocycles. The molecule has 0 amide bonds. The summed E-state index contributed by atoms with van der Waals surface area (Å²) in [6, 6.07) is 6.75. The largest absolute Gasteiger partial charge is 0.314 e. The normalized spacial score (nSPS) is 20.9. The Morgan fingerprint density at radius 1 is 1.10 bits per heavy atom. The molecule has 0 unspecified atom stereocenters. The van der Waals surface area contributed by atoms with Gasteiger partial charge in [0.2, 0.25) is 0 Å². The molecule has 0 saturated heterocycles. The first kappa shape index (κ1) is 15.6.